The molecule has 0 unspecified atom stereocenters. The second-order valence-electron chi connectivity index (χ2n) is 9.01. The molecule has 0 aliphatic carbocycles. The van der Waals surface area contributed by atoms with Crippen LogP contribution in [0.4, 0.5) is 18.0 Å². The van der Waals surface area contributed by atoms with Crippen LogP contribution in [0, 0.1) is 5.92 Å². The van der Waals surface area contributed by atoms with Crippen molar-refractivity contribution in [2.24, 2.45) is 5.92 Å². The van der Waals surface area contributed by atoms with Crippen molar-refractivity contribution in [2.45, 2.75) is 32.7 Å². The van der Waals surface area contributed by atoms with Gasteiger partial charge in [-0.3, -0.25) is 4.79 Å². The summed E-state index contributed by atoms with van der Waals surface area (Å²) in [5.41, 5.74) is -0.785. The molecule has 0 saturated carbocycles. The zero-order chi connectivity index (χ0) is 28.9. The second kappa shape index (κ2) is 11.9. The molecule has 1 amide bonds. The van der Waals surface area contributed by atoms with Crippen LogP contribution in [-0.2, 0) is 22.3 Å². The minimum absolute atomic E-state index is 0.0136. The molecule has 4 aromatic rings. The predicted molar refractivity (Wildman–Crippen MR) is 138 cm³/mol. The molecule has 3 aromatic carbocycles. The molecule has 0 bridgehead atoms. The lowest BCUT2D eigenvalue weighted by molar-refractivity contribution is -0.154. The van der Waals surface area contributed by atoms with Crippen molar-refractivity contribution in [3.63, 3.8) is 0 Å². The van der Waals surface area contributed by atoms with Gasteiger partial charge >= 0.3 is 18.2 Å². The zero-order valence-corrected chi connectivity index (χ0v) is 21.4. The second-order valence-corrected chi connectivity index (χ2v) is 9.01. The van der Waals surface area contributed by atoms with Crippen LogP contribution in [0.15, 0.2) is 88.1 Å². The summed E-state index contributed by atoms with van der Waals surface area (Å²) in [6.07, 6.45) is -5.92. The first-order valence-corrected chi connectivity index (χ1v) is 12.1. The molecular weight excluding hydrogens is 531 g/mol. The Hall–Kier alpha value is -4.80. The van der Waals surface area contributed by atoms with Crippen LogP contribution in [0.25, 0.3) is 11.0 Å². The number of hydrogen-bond acceptors (Lipinski definition) is 7. The van der Waals surface area contributed by atoms with Gasteiger partial charge in [-0.25, -0.2) is 9.59 Å². The molecule has 0 saturated heterocycles. The molecule has 4 rings (SSSR count). The van der Waals surface area contributed by atoms with E-state index in [2.05, 4.69) is 5.32 Å². The van der Waals surface area contributed by atoms with E-state index in [-0.39, 0.29) is 23.5 Å². The lowest BCUT2D eigenvalue weighted by Gasteiger charge is -2.20. The lowest BCUT2D eigenvalue weighted by Crippen LogP contribution is -2.46. The number of carbonyl (C=O) groups excluding carboxylic acids is 2. The summed E-state index contributed by atoms with van der Waals surface area (Å²) in [5, 5.41) is 2.22. The van der Waals surface area contributed by atoms with Crippen molar-refractivity contribution in [3.8, 4) is 17.2 Å². The Morgan fingerprint density at radius 3 is 2.20 bits per heavy atom. The zero-order valence-electron chi connectivity index (χ0n) is 21.4. The molecule has 208 valence electrons. The van der Waals surface area contributed by atoms with Gasteiger partial charge in [0.05, 0.1) is 5.39 Å². The first-order valence-electron chi connectivity index (χ1n) is 12.1. The first-order chi connectivity index (χ1) is 19.0. The van der Waals surface area contributed by atoms with Crippen LogP contribution in [0.5, 0.6) is 17.2 Å². The van der Waals surface area contributed by atoms with Gasteiger partial charge in [0.25, 0.3) is 5.76 Å². The van der Waals surface area contributed by atoms with Gasteiger partial charge < -0.3 is 23.9 Å². The van der Waals surface area contributed by atoms with Gasteiger partial charge in [-0.05, 0) is 35.7 Å². The molecule has 40 heavy (non-hydrogen) atoms. The number of carbonyl (C=O) groups is 2. The van der Waals surface area contributed by atoms with Gasteiger partial charge in [0, 0.05) is 6.07 Å². The van der Waals surface area contributed by atoms with E-state index in [9.17, 15) is 27.6 Å². The number of alkyl halides is 3. The number of nitrogens with one attached hydrogen (secondary N) is 1. The molecule has 0 aliphatic heterocycles. The van der Waals surface area contributed by atoms with Crippen molar-refractivity contribution in [1.82, 2.24) is 5.32 Å². The van der Waals surface area contributed by atoms with Gasteiger partial charge in [-0.2, -0.15) is 13.2 Å². The van der Waals surface area contributed by atoms with Crippen LogP contribution in [0.2, 0.25) is 0 Å². The summed E-state index contributed by atoms with van der Waals surface area (Å²) in [7, 11) is 0. The first kappa shape index (κ1) is 28.2. The Morgan fingerprint density at radius 1 is 0.925 bits per heavy atom. The van der Waals surface area contributed by atoms with Crippen molar-refractivity contribution < 1.29 is 41.4 Å². The average Bonchev–Trinajstić information content (AvgIpc) is 2.92. The summed E-state index contributed by atoms with van der Waals surface area (Å²) < 4.78 is 62.2. The third-order valence-electron chi connectivity index (χ3n) is 5.67. The number of amides is 1. The minimum Gasteiger partial charge on any atom is -0.449 e. The number of halogens is 3. The fourth-order valence-corrected chi connectivity index (χ4v) is 3.67. The van der Waals surface area contributed by atoms with E-state index in [1.807, 2.05) is 6.07 Å². The van der Waals surface area contributed by atoms with Gasteiger partial charge in [-0.1, -0.05) is 62.4 Å². The predicted octanol–water partition coefficient (Wildman–Crippen LogP) is 6.46. The molecule has 0 fully saturated rings. The number of esters is 1. The maximum absolute atomic E-state index is 13.8. The number of alkyl carbamates (subject to hydrolysis) is 1. The molecular formula is C29H24F3NO7. The van der Waals surface area contributed by atoms with E-state index in [1.165, 1.54) is 30.3 Å². The fraction of sp³-hybridized carbons (Fsp3) is 0.207. The highest BCUT2D eigenvalue weighted by Crippen LogP contribution is 2.38. The monoisotopic (exact) mass is 555 g/mol. The number of rotatable bonds is 8. The van der Waals surface area contributed by atoms with E-state index in [4.69, 9.17) is 18.6 Å². The molecule has 0 spiro atoms. The topological polar surface area (TPSA) is 104 Å². The van der Waals surface area contributed by atoms with Gasteiger partial charge in [0.1, 0.15) is 29.7 Å². The molecule has 1 aromatic heterocycles. The Balaban J connectivity index is 1.55. The van der Waals surface area contributed by atoms with E-state index in [0.29, 0.717) is 0 Å². The molecule has 11 heteroatoms. The number of fused-ring (bicyclic) bond motifs is 1. The molecule has 0 aliphatic rings. The Bertz CT molecular complexity index is 1550. The normalized spacial score (nSPS) is 12.2. The Morgan fingerprint density at radius 2 is 1.57 bits per heavy atom. The highest BCUT2D eigenvalue weighted by molar-refractivity contribution is 5.85. The number of para-hydroxylation sites is 1. The van der Waals surface area contributed by atoms with Crippen LogP contribution in [0.1, 0.15) is 25.2 Å². The lowest BCUT2D eigenvalue weighted by atomic mass is 10.1. The van der Waals surface area contributed by atoms with E-state index in [0.717, 1.165) is 17.7 Å². The molecule has 8 nitrogen and oxygen atoms in total. The Kier molecular flexibility index (Phi) is 8.42. The largest absolute Gasteiger partial charge is 0.453 e. The van der Waals surface area contributed by atoms with Gasteiger partial charge in [0.15, 0.2) is 0 Å². The highest BCUT2D eigenvalue weighted by atomic mass is 19.4. The number of hydrogen-bond donors (Lipinski definition) is 1. The summed E-state index contributed by atoms with van der Waals surface area (Å²) in [6, 6.07) is 18.6. The van der Waals surface area contributed by atoms with E-state index in [1.54, 1.807) is 44.2 Å². The SMILES string of the molecule is CC(C)[C@@H](NC(=O)OCc1ccccc1)C(=O)Oc1ccc2c(=O)c(Oc3ccccc3)c(C(F)(F)F)oc2c1. The summed E-state index contributed by atoms with van der Waals surface area (Å²) in [4.78, 5) is 38.1. The maximum Gasteiger partial charge on any atom is 0.453 e. The van der Waals surface area contributed by atoms with Crippen LogP contribution < -0.4 is 20.2 Å². The highest BCUT2D eigenvalue weighted by Gasteiger charge is 2.40. The van der Waals surface area contributed by atoms with Crippen LogP contribution in [0.3, 0.4) is 0 Å². The summed E-state index contributed by atoms with van der Waals surface area (Å²) >= 11 is 0. The smallest absolute Gasteiger partial charge is 0.449 e. The van der Waals surface area contributed by atoms with Crippen molar-refractivity contribution in [3.05, 3.63) is 100 Å². The molecule has 1 N–H and O–H groups in total. The van der Waals surface area contributed by atoms with Crippen molar-refractivity contribution in [1.29, 1.82) is 0 Å². The van der Waals surface area contributed by atoms with Crippen molar-refractivity contribution >= 4 is 23.0 Å². The quantitative estimate of drug-likeness (QED) is 0.197. The van der Waals surface area contributed by atoms with Gasteiger partial charge in [-0.15, -0.1) is 0 Å². The van der Waals surface area contributed by atoms with Crippen LogP contribution >= 0.6 is 0 Å². The summed E-state index contributed by atoms with van der Waals surface area (Å²) in [6.45, 7) is 3.30. The van der Waals surface area contributed by atoms with Gasteiger partial charge in [0.2, 0.25) is 11.2 Å². The van der Waals surface area contributed by atoms with Crippen LogP contribution in [-0.4, -0.2) is 18.1 Å². The summed E-state index contributed by atoms with van der Waals surface area (Å²) in [5.74, 6) is -4.16. The number of ether oxygens (including phenoxy) is 3. The Labute approximate surface area is 226 Å². The minimum atomic E-state index is -5.06. The van der Waals surface area contributed by atoms with E-state index >= 15 is 0 Å². The molecule has 0 radical (unpaired) electrons. The molecule has 1 heterocycles. The third-order valence-corrected chi connectivity index (χ3v) is 5.67. The van der Waals surface area contributed by atoms with Crippen molar-refractivity contribution in [2.75, 3.05) is 0 Å². The average molecular weight is 556 g/mol. The molecule has 1 atom stereocenters. The fourth-order valence-electron chi connectivity index (χ4n) is 3.67. The van der Waals surface area contributed by atoms with E-state index < -0.39 is 52.7 Å². The standard InChI is InChI=1S/C29H24F3NO7/c1-17(2)23(33-28(36)37-16-18-9-5-3-6-10-18)27(35)39-20-13-14-21-22(15-20)40-26(29(30,31)32)25(24(21)34)38-19-11-7-4-8-12-19/h3-15,17,23H,16H2,1-2H3,(H,33,36)/t23-/m1/s1. The third kappa shape index (κ3) is 6.79. The number of benzene rings is 3. The maximum atomic E-state index is 13.8.